The maximum atomic E-state index is 11.8. The van der Waals surface area contributed by atoms with Crippen LogP contribution >= 0.6 is 0 Å². The number of nitro groups is 1. The van der Waals surface area contributed by atoms with E-state index in [-0.39, 0.29) is 24.4 Å². The number of anilines is 1. The minimum atomic E-state index is -4.41. The van der Waals surface area contributed by atoms with Crippen LogP contribution in [0.3, 0.4) is 0 Å². The van der Waals surface area contributed by atoms with E-state index in [9.17, 15) is 23.3 Å². The first kappa shape index (κ1) is 15.7. The number of rotatable bonds is 6. The van der Waals surface area contributed by atoms with Gasteiger partial charge in [0.2, 0.25) is 0 Å². The number of halogens is 3. The Bertz CT molecular complexity index is 526. The monoisotopic (exact) mass is 289 g/mol. The Hall–Kier alpha value is -2.34. The molecule has 108 valence electrons. The van der Waals surface area contributed by atoms with Gasteiger partial charge < -0.3 is 10.1 Å². The molecule has 6 nitrogen and oxygen atoms in total. The standard InChI is InChI=1S/C11H10F3N3O3/c12-11(13,14)7-20-5-4-16-9-3-1-2-8(6-15)10(9)17(18)19/h1-3,16H,4-5,7H2. The fourth-order valence-corrected chi connectivity index (χ4v) is 1.42. The Morgan fingerprint density at radius 3 is 2.70 bits per heavy atom. The van der Waals surface area contributed by atoms with Crippen molar-refractivity contribution < 1.29 is 22.8 Å². The molecule has 0 spiro atoms. The summed E-state index contributed by atoms with van der Waals surface area (Å²) in [6.07, 6.45) is -4.41. The van der Waals surface area contributed by atoms with Crippen LogP contribution in [-0.2, 0) is 4.74 Å². The van der Waals surface area contributed by atoms with Gasteiger partial charge in [0.15, 0.2) is 0 Å². The van der Waals surface area contributed by atoms with E-state index < -0.39 is 23.4 Å². The summed E-state index contributed by atoms with van der Waals surface area (Å²) in [5.41, 5.74) is -0.480. The number of alkyl halides is 3. The first-order valence-corrected chi connectivity index (χ1v) is 5.41. The van der Waals surface area contributed by atoms with Crippen LogP contribution in [-0.4, -0.2) is 30.9 Å². The molecule has 0 saturated carbocycles. The van der Waals surface area contributed by atoms with Gasteiger partial charge in [-0.25, -0.2) is 0 Å². The molecule has 0 radical (unpaired) electrons. The third-order valence-corrected chi connectivity index (χ3v) is 2.17. The summed E-state index contributed by atoms with van der Waals surface area (Å²) in [7, 11) is 0. The molecule has 0 bridgehead atoms. The van der Waals surface area contributed by atoms with Gasteiger partial charge in [0, 0.05) is 6.54 Å². The van der Waals surface area contributed by atoms with Crippen LogP contribution in [0.4, 0.5) is 24.5 Å². The molecule has 1 N–H and O–H groups in total. The number of para-hydroxylation sites is 1. The number of ether oxygens (including phenoxy) is 1. The van der Waals surface area contributed by atoms with Crippen LogP contribution in [0.2, 0.25) is 0 Å². The van der Waals surface area contributed by atoms with Crippen molar-refractivity contribution in [3.63, 3.8) is 0 Å². The van der Waals surface area contributed by atoms with Crippen molar-refractivity contribution in [3.8, 4) is 6.07 Å². The van der Waals surface area contributed by atoms with Gasteiger partial charge in [-0.2, -0.15) is 18.4 Å². The maximum Gasteiger partial charge on any atom is 0.411 e. The highest BCUT2D eigenvalue weighted by Crippen LogP contribution is 2.27. The first-order chi connectivity index (χ1) is 9.35. The Labute approximate surface area is 111 Å². The molecule has 9 heteroatoms. The zero-order chi connectivity index (χ0) is 15.2. The van der Waals surface area contributed by atoms with Gasteiger partial charge in [0.25, 0.3) is 0 Å². The largest absolute Gasteiger partial charge is 0.411 e. The number of nitrogens with one attached hydrogen (secondary N) is 1. The number of nitrogens with zero attached hydrogens (tertiary/aromatic N) is 2. The van der Waals surface area contributed by atoms with E-state index in [0.717, 1.165) is 0 Å². The van der Waals surface area contributed by atoms with Gasteiger partial charge in [-0.3, -0.25) is 10.1 Å². The van der Waals surface area contributed by atoms with Crippen molar-refractivity contribution in [2.75, 3.05) is 25.1 Å². The molecule has 0 aliphatic rings. The fourth-order valence-electron chi connectivity index (χ4n) is 1.42. The van der Waals surface area contributed by atoms with E-state index in [1.165, 1.54) is 18.2 Å². The lowest BCUT2D eigenvalue weighted by Crippen LogP contribution is -2.20. The summed E-state index contributed by atoms with van der Waals surface area (Å²) in [6, 6.07) is 5.76. The molecule has 0 aliphatic carbocycles. The van der Waals surface area contributed by atoms with E-state index in [1.54, 1.807) is 6.07 Å². The second kappa shape index (κ2) is 6.72. The second-order valence-electron chi connectivity index (χ2n) is 3.67. The fraction of sp³-hybridized carbons (Fsp3) is 0.364. The van der Waals surface area contributed by atoms with Crippen molar-refractivity contribution in [2.45, 2.75) is 6.18 Å². The second-order valence-corrected chi connectivity index (χ2v) is 3.67. The minimum absolute atomic E-state index is 0.0498. The number of hydrogen-bond donors (Lipinski definition) is 1. The van der Waals surface area contributed by atoms with Crippen molar-refractivity contribution >= 4 is 11.4 Å². The van der Waals surface area contributed by atoms with Crippen LogP contribution in [0.15, 0.2) is 18.2 Å². The number of nitro benzene ring substituents is 1. The van der Waals surface area contributed by atoms with Crippen LogP contribution < -0.4 is 5.32 Å². The van der Waals surface area contributed by atoms with Crippen LogP contribution in [0.5, 0.6) is 0 Å². The van der Waals surface area contributed by atoms with Gasteiger partial charge in [-0.1, -0.05) is 6.07 Å². The minimum Gasteiger partial charge on any atom is -0.377 e. The third kappa shape index (κ3) is 4.74. The molecule has 0 saturated heterocycles. The number of hydrogen-bond acceptors (Lipinski definition) is 5. The van der Waals surface area contributed by atoms with Gasteiger partial charge in [0.05, 0.1) is 11.5 Å². The molecule has 20 heavy (non-hydrogen) atoms. The molecule has 0 aromatic heterocycles. The van der Waals surface area contributed by atoms with Crippen molar-refractivity contribution in [3.05, 3.63) is 33.9 Å². The topological polar surface area (TPSA) is 88.2 Å². The normalized spacial score (nSPS) is 10.9. The van der Waals surface area contributed by atoms with Gasteiger partial charge >= 0.3 is 11.9 Å². The predicted octanol–water partition coefficient (Wildman–Crippen LogP) is 2.46. The van der Waals surface area contributed by atoms with Gasteiger partial charge in [0.1, 0.15) is 23.9 Å². The molecule has 1 aromatic rings. The third-order valence-electron chi connectivity index (χ3n) is 2.17. The lowest BCUT2D eigenvalue weighted by Gasteiger charge is -2.09. The SMILES string of the molecule is N#Cc1cccc(NCCOCC(F)(F)F)c1[N+](=O)[O-]. The van der Waals surface area contributed by atoms with Crippen molar-refractivity contribution in [1.29, 1.82) is 5.26 Å². The van der Waals surface area contributed by atoms with Gasteiger partial charge in [-0.05, 0) is 12.1 Å². The smallest absolute Gasteiger partial charge is 0.377 e. The average molecular weight is 289 g/mol. The van der Waals surface area contributed by atoms with Crippen LogP contribution in [0, 0.1) is 21.4 Å². The number of nitriles is 1. The molecule has 1 rings (SSSR count). The summed E-state index contributed by atoms with van der Waals surface area (Å²) < 4.78 is 39.8. The van der Waals surface area contributed by atoms with Gasteiger partial charge in [-0.15, -0.1) is 0 Å². The molecule has 0 heterocycles. The van der Waals surface area contributed by atoms with E-state index in [0.29, 0.717) is 0 Å². The van der Waals surface area contributed by atoms with E-state index >= 15 is 0 Å². The Morgan fingerprint density at radius 2 is 2.15 bits per heavy atom. The summed E-state index contributed by atoms with van der Waals surface area (Å²) in [6.45, 7) is -1.70. The predicted molar refractivity (Wildman–Crippen MR) is 63.2 cm³/mol. The Balaban J connectivity index is 2.61. The Morgan fingerprint density at radius 1 is 1.45 bits per heavy atom. The summed E-state index contributed by atoms with van der Waals surface area (Å²) in [5.74, 6) is 0. The number of benzene rings is 1. The van der Waals surface area contributed by atoms with Crippen LogP contribution in [0.1, 0.15) is 5.56 Å². The van der Waals surface area contributed by atoms with E-state index in [2.05, 4.69) is 10.1 Å². The molecule has 0 unspecified atom stereocenters. The first-order valence-electron chi connectivity index (χ1n) is 5.41. The molecule has 1 aromatic carbocycles. The summed E-state index contributed by atoms with van der Waals surface area (Å²) >= 11 is 0. The lowest BCUT2D eigenvalue weighted by molar-refractivity contribution is -0.384. The quantitative estimate of drug-likeness (QED) is 0.493. The maximum absolute atomic E-state index is 11.8. The molecule has 0 aliphatic heterocycles. The zero-order valence-electron chi connectivity index (χ0n) is 10.1. The average Bonchev–Trinajstić information content (AvgIpc) is 2.36. The molecule has 0 atom stereocenters. The molecule has 0 amide bonds. The molecular weight excluding hydrogens is 279 g/mol. The Kier molecular flexibility index (Phi) is 5.28. The highest BCUT2D eigenvalue weighted by molar-refractivity contribution is 5.68. The van der Waals surface area contributed by atoms with Crippen LogP contribution in [0.25, 0.3) is 0 Å². The lowest BCUT2D eigenvalue weighted by atomic mass is 10.1. The van der Waals surface area contributed by atoms with E-state index in [1.807, 2.05) is 0 Å². The highest BCUT2D eigenvalue weighted by atomic mass is 19.4. The molecule has 0 fully saturated rings. The van der Waals surface area contributed by atoms with Crippen molar-refractivity contribution in [1.82, 2.24) is 0 Å². The van der Waals surface area contributed by atoms with E-state index in [4.69, 9.17) is 5.26 Å². The zero-order valence-corrected chi connectivity index (χ0v) is 10.1. The summed E-state index contributed by atoms with van der Waals surface area (Å²) in [4.78, 5) is 10.1. The summed E-state index contributed by atoms with van der Waals surface area (Å²) in [5, 5.41) is 22.2. The molecular formula is C11H10F3N3O3. The van der Waals surface area contributed by atoms with Crippen molar-refractivity contribution in [2.24, 2.45) is 0 Å². The highest BCUT2D eigenvalue weighted by Gasteiger charge is 2.27.